The minimum absolute atomic E-state index is 0.0687. The van der Waals surface area contributed by atoms with Crippen LogP contribution in [0.1, 0.15) is 19.8 Å². The summed E-state index contributed by atoms with van der Waals surface area (Å²) >= 11 is 0. The number of ether oxygens (including phenoxy) is 1. The number of hydrogen-bond donors (Lipinski definition) is 0. The predicted molar refractivity (Wildman–Crippen MR) is 47.9 cm³/mol. The lowest BCUT2D eigenvalue weighted by Crippen LogP contribution is -2.21. The Morgan fingerprint density at radius 2 is 2.58 bits per heavy atom. The highest BCUT2D eigenvalue weighted by atomic mass is 16.5. The summed E-state index contributed by atoms with van der Waals surface area (Å²) in [6, 6.07) is 0. The SMILES string of the molecule is C=CCO[C@@H]1CC=C(C)C(=O)C1. The average Bonchev–Trinajstić information content (AvgIpc) is 2.07. The van der Waals surface area contributed by atoms with Crippen molar-refractivity contribution in [3.05, 3.63) is 24.3 Å². The average molecular weight is 166 g/mol. The molecule has 0 saturated carbocycles. The molecule has 2 heteroatoms. The van der Waals surface area contributed by atoms with Gasteiger partial charge in [0.2, 0.25) is 0 Å². The zero-order valence-electron chi connectivity index (χ0n) is 7.38. The largest absolute Gasteiger partial charge is 0.373 e. The molecule has 1 atom stereocenters. The van der Waals surface area contributed by atoms with Gasteiger partial charge in [-0.15, -0.1) is 6.58 Å². The van der Waals surface area contributed by atoms with Crippen LogP contribution in [0.15, 0.2) is 24.3 Å². The van der Waals surface area contributed by atoms with Gasteiger partial charge in [-0.05, 0) is 18.9 Å². The van der Waals surface area contributed by atoms with E-state index in [1.165, 1.54) is 0 Å². The summed E-state index contributed by atoms with van der Waals surface area (Å²) in [6.45, 7) is 5.94. The molecule has 0 N–H and O–H groups in total. The molecule has 1 aliphatic carbocycles. The van der Waals surface area contributed by atoms with Crippen LogP contribution in [-0.2, 0) is 9.53 Å². The van der Waals surface area contributed by atoms with Crippen LogP contribution in [0.4, 0.5) is 0 Å². The van der Waals surface area contributed by atoms with E-state index in [-0.39, 0.29) is 11.9 Å². The summed E-state index contributed by atoms with van der Waals surface area (Å²) < 4.78 is 5.37. The van der Waals surface area contributed by atoms with Crippen molar-refractivity contribution >= 4 is 5.78 Å². The van der Waals surface area contributed by atoms with Gasteiger partial charge in [0.25, 0.3) is 0 Å². The van der Waals surface area contributed by atoms with Crippen LogP contribution in [0, 0.1) is 0 Å². The van der Waals surface area contributed by atoms with Gasteiger partial charge >= 0.3 is 0 Å². The highest BCUT2D eigenvalue weighted by Gasteiger charge is 2.18. The number of ketones is 1. The molecule has 66 valence electrons. The van der Waals surface area contributed by atoms with Crippen LogP contribution >= 0.6 is 0 Å². The van der Waals surface area contributed by atoms with Crippen molar-refractivity contribution in [1.29, 1.82) is 0 Å². The minimum atomic E-state index is 0.0687. The summed E-state index contributed by atoms with van der Waals surface area (Å²) in [5, 5.41) is 0. The molecule has 0 amide bonds. The molecule has 0 aromatic heterocycles. The van der Waals surface area contributed by atoms with Gasteiger partial charge in [0, 0.05) is 6.42 Å². The van der Waals surface area contributed by atoms with Crippen LogP contribution in [-0.4, -0.2) is 18.5 Å². The van der Waals surface area contributed by atoms with Gasteiger partial charge in [-0.1, -0.05) is 12.2 Å². The van der Waals surface area contributed by atoms with Crippen molar-refractivity contribution in [2.24, 2.45) is 0 Å². The maximum absolute atomic E-state index is 11.2. The van der Waals surface area contributed by atoms with E-state index in [4.69, 9.17) is 4.74 Å². The van der Waals surface area contributed by atoms with E-state index in [1.807, 2.05) is 13.0 Å². The minimum Gasteiger partial charge on any atom is -0.373 e. The first-order valence-electron chi connectivity index (χ1n) is 4.16. The molecule has 2 nitrogen and oxygen atoms in total. The molecule has 0 bridgehead atoms. The molecule has 0 aromatic rings. The van der Waals surface area contributed by atoms with E-state index in [1.54, 1.807) is 6.08 Å². The number of allylic oxidation sites excluding steroid dienone is 1. The lowest BCUT2D eigenvalue weighted by atomic mass is 9.97. The van der Waals surface area contributed by atoms with E-state index >= 15 is 0 Å². The molecule has 0 unspecified atom stereocenters. The Balaban J connectivity index is 2.42. The zero-order valence-corrected chi connectivity index (χ0v) is 7.38. The first kappa shape index (κ1) is 9.20. The first-order chi connectivity index (χ1) is 5.74. The second-order valence-electron chi connectivity index (χ2n) is 2.99. The van der Waals surface area contributed by atoms with E-state index in [0.29, 0.717) is 13.0 Å². The zero-order chi connectivity index (χ0) is 8.97. The Labute approximate surface area is 72.9 Å². The van der Waals surface area contributed by atoms with Gasteiger partial charge in [-0.25, -0.2) is 0 Å². The van der Waals surface area contributed by atoms with Crippen LogP contribution < -0.4 is 0 Å². The molecular formula is C10H14O2. The van der Waals surface area contributed by atoms with Gasteiger partial charge in [0.15, 0.2) is 5.78 Å². The van der Waals surface area contributed by atoms with E-state index in [2.05, 4.69) is 6.58 Å². The summed E-state index contributed by atoms with van der Waals surface area (Å²) in [5.41, 5.74) is 0.869. The van der Waals surface area contributed by atoms with Crippen molar-refractivity contribution in [3.63, 3.8) is 0 Å². The number of rotatable bonds is 3. The van der Waals surface area contributed by atoms with Crippen LogP contribution in [0.3, 0.4) is 0 Å². The molecule has 0 spiro atoms. The molecule has 0 heterocycles. The lowest BCUT2D eigenvalue weighted by Gasteiger charge is -2.18. The molecule has 0 aliphatic heterocycles. The fourth-order valence-corrected chi connectivity index (χ4v) is 1.20. The molecular weight excluding hydrogens is 152 g/mol. The van der Waals surface area contributed by atoms with Gasteiger partial charge in [0.05, 0.1) is 12.7 Å². The molecule has 12 heavy (non-hydrogen) atoms. The fraction of sp³-hybridized carbons (Fsp3) is 0.500. The first-order valence-corrected chi connectivity index (χ1v) is 4.16. The molecule has 0 radical (unpaired) electrons. The standard InChI is InChI=1S/C10H14O2/c1-3-6-12-9-5-4-8(2)10(11)7-9/h3-4,9H,1,5-7H2,2H3/t9-/m1/s1. The third-order valence-corrected chi connectivity index (χ3v) is 1.99. The number of carbonyl (C=O) groups is 1. The molecule has 0 aromatic carbocycles. The Bertz CT molecular complexity index is 216. The van der Waals surface area contributed by atoms with E-state index < -0.39 is 0 Å². The highest BCUT2D eigenvalue weighted by molar-refractivity contribution is 5.95. The van der Waals surface area contributed by atoms with Crippen molar-refractivity contribution in [2.45, 2.75) is 25.9 Å². The summed E-state index contributed by atoms with van der Waals surface area (Å²) in [4.78, 5) is 11.2. The Morgan fingerprint density at radius 1 is 1.83 bits per heavy atom. The summed E-state index contributed by atoms with van der Waals surface area (Å²) in [7, 11) is 0. The van der Waals surface area contributed by atoms with Crippen molar-refractivity contribution in [2.75, 3.05) is 6.61 Å². The monoisotopic (exact) mass is 166 g/mol. The second kappa shape index (κ2) is 4.21. The normalized spacial score (nSPS) is 23.6. The van der Waals surface area contributed by atoms with Gasteiger partial charge < -0.3 is 4.74 Å². The third-order valence-electron chi connectivity index (χ3n) is 1.99. The quantitative estimate of drug-likeness (QED) is 0.598. The Kier molecular flexibility index (Phi) is 3.23. The van der Waals surface area contributed by atoms with Crippen molar-refractivity contribution < 1.29 is 9.53 Å². The number of carbonyl (C=O) groups excluding carboxylic acids is 1. The number of hydrogen-bond acceptors (Lipinski definition) is 2. The van der Waals surface area contributed by atoms with Crippen LogP contribution in [0.2, 0.25) is 0 Å². The molecule has 1 aliphatic rings. The summed E-state index contributed by atoms with van der Waals surface area (Å²) in [6.07, 6.45) is 5.09. The van der Waals surface area contributed by atoms with Crippen molar-refractivity contribution in [3.8, 4) is 0 Å². The predicted octanol–water partition coefficient (Wildman–Crippen LogP) is 1.87. The van der Waals surface area contributed by atoms with Gasteiger partial charge in [0.1, 0.15) is 0 Å². The van der Waals surface area contributed by atoms with Crippen LogP contribution in [0.5, 0.6) is 0 Å². The smallest absolute Gasteiger partial charge is 0.160 e. The van der Waals surface area contributed by atoms with Crippen molar-refractivity contribution in [1.82, 2.24) is 0 Å². The maximum atomic E-state index is 11.2. The Hall–Kier alpha value is -0.890. The number of Topliss-reactive ketones (excluding diaryl/α,β-unsaturated/α-hetero) is 1. The fourth-order valence-electron chi connectivity index (χ4n) is 1.20. The topological polar surface area (TPSA) is 26.3 Å². The van der Waals surface area contributed by atoms with Gasteiger partial charge in [-0.2, -0.15) is 0 Å². The van der Waals surface area contributed by atoms with E-state index in [0.717, 1.165) is 12.0 Å². The van der Waals surface area contributed by atoms with E-state index in [9.17, 15) is 4.79 Å². The summed E-state index contributed by atoms with van der Waals surface area (Å²) in [5.74, 6) is 0.204. The highest BCUT2D eigenvalue weighted by Crippen LogP contribution is 2.16. The second-order valence-corrected chi connectivity index (χ2v) is 2.99. The third kappa shape index (κ3) is 2.31. The maximum Gasteiger partial charge on any atom is 0.160 e. The molecule has 1 rings (SSSR count). The lowest BCUT2D eigenvalue weighted by molar-refractivity contribution is -0.118. The van der Waals surface area contributed by atoms with Crippen LogP contribution in [0.25, 0.3) is 0 Å². The van der Waals surface area contributed by atoms with Gasteiger partial charge in [-0.3, -0.25) is 4.79 Å². The molecule has 0 saturated heterocycles. The Morgan fingerprint density at radius 3 is 3.17 bits per heavy atom. The molecule has 0 fully saturated rings.